The molecule has 1 aliphatic rings. The summed E-state index contributed by atoms with van der Waals surface area (Å²) in [6.07, 6.45) is -6.70. The van der Waals surface area contributed by atoms with E-state index in [0.29, 0.717) is 0 Å². The topological polar surface area (TPSA) is 147 Å². The predicted molar refractivity (Wildman–Crippen MR) is 138 cm³/mol. The van der Waals surface area contributed by atoms with Gasteiger partial charge in [-0.15, -0.1) is 0 Å². The fraction of sp³-hybridized carbons (Fsp3) is 0.481. The van der Waals surface area contributed by atoms with Crippen LogP contribution in [0, 0.1) is 5.41 Å². The van der Waals surface area contributed by atoms with Crippen LogP contribution in [0.2, 0.25) is 0 Å². The Morgan fingerprint density at radius 1 is 0.949 bits per heavy atom. The zero-order chi connectivity index (χ0) is 29.3. The van der Waals surface area contributed by atoms with E-state index in [4.69, 9.17) is 29.6 Å². The van der Waals surface area contributed by atoms with Gasteiger partial charge in [-0.2, -0.15) is 0 Å². The number of esters is 2. The standard InChI is InChI=1S/C27H35O11P/c1-18(28)33-17-21-22(34-15-19-11-7-5-8-12-19)23(35-16-20-13-9-6-10-14-20)24(37-26(29)27(2,3)4)25(36-21)38-39(30,31)32/h5-14,21-25H,15-17H2,1-4H3,(H2,30,31,32)/t21-,22-,23+,24-,25?/m1/s1/i2D. The maximum atomic E-state index is 13.1. The summed E-state index contributed by atoms with van der Waals surface area (Å²) in [4.78, 5) is 44.0. The van der Waals surface area contributed by atoms with E-state index in [1.165, 1.54) is 20.8 Å². The third-order valence-electron chi connectivity index (χ3n) is 5.65. The van der Waals surface area contributed by atoms with Crippen molar-refractivity contribution in [2.45, 2.75) is 71.6 Å². The Bertz CT molecular complexity index is 1140. The highest BCUT2D eigenvalue weighted by molar-refractivity contribution is 7.46. The average molecular weight is 568 g/mol. The number of phosphoric acid groups is 1. The molecule has 0 aromatic heterocycles. The third-order valence-corrected chi connectivity index (χ3v) is 6.13. The number of ether oxygens (including phenoxy) is 5. The van der Waals surface area contributed by atoms with Gasteiger partial charge in [-0.3, -0.25) is 14.1 Å². The molecule has 1 unspecified atom stereocenters. The Labute approximate surface area is 229 Å². The second-order valence-electron chi connectivity index (χ2n) is 9.72. The fourth-order valence-electron chi connectivity index (χ4n) is 3.77. The van der Waals surface area contributed by atoms with Crippen LogP contribution in [0.15, 0.2) is 60.7 Å². The van der Waals surface area contributed by atoms with Crippen molar-refractivity contribution in [3.63, 3.8) is 0 Å². The molecule has 214 valence electrons. The molecule has 1 fully saturated rings. The molecule has 2 N–H and O–H groups in total. The number of benzene rings is 2. The molecule has 3 rings (SSSR count). The van der Waals surface area contributed by atoms with Crippen molar-refractivity contribution in [3.05, 3.63) is 71.8 Å². The molecule has 2 aromatic rings. The zero-order valence-electron chi connectivity index (χ0n) is 23.0. The molecule has 1 aliphatic heterocycles. The van der Waals surface area contributed by atoms with Crippen LogP contribution in [-0.2, 0) is 55.6 Å². The van der Waals surface area contributed by atoms with Gasteiger partial charge in [-0.25, -0.2) is 4.57 Å². The molecule has 2 aromatic carbocycles. The first-order chi connectivity index (χ1) is 18.9. The molecule has 0 spiro atoms. The SMILES string of the molecule is [2H]CC(C)(C)C(=O)O[C@H]1C(OP(=O)(O)O)O[C@H](COC(C)=O)[C@@H](OCc2ccccc2)[C@@H]1OCc1ccccc1. The Morgan fingerprint density at radius 3 is 1.97 bits per heavy atom. The molecule has 0 amide bonds. The van der Waals surface area contributed by atoms with Crippen molar-refractivity contribution in [1.29, 1.82) is 0 Å². The molecule has 12 heteroatoms. The molecular weight excluding hydrogens is 531 g/mol. The van der Waals surface area contributed by atoms with E-state index in [1.54, 1.807) is 0 Å². The number of rotatable bonds is 11. The van der Waals surface area contributed by atoms with Gasteiger partial charge in [0.2, 0.25) is 6.29 Å². The van der Waals surface area contributed by atoms with Crippen LogP contribution in [0.5, 0.6) is 0 Å². The molecule has 11 nitrogen and oxygen atoms in total. The van der Waals surface area contributed by atoms with Gasteiger partial charge in [0.05, 0.1) is 18.6 Å². The van der Waals surface area contributed by atoms with Gasteiger partial charge >= 0.3 is 19.8 Å². The van der Waals surface area contributed by atoms with Crippen LogP contribution in [0.1, 0.15) is 40.2 Å². The summed E-state index contributed by atoms with van der Waals surface area (Å²) in [6.45, 7) is 3.59. The molecule has 0 bridgehead atoms. The van der Waals surface area contributed by atoms with Crippen LogP contribution >= 0.6 is 7.82 Å². The maximum absolute atomic E-state index is 13.1. The lowest BCUT2D eigenvalue weighted by Crippen LogP contribution is -2.62. The van der Waals surface area contributed by atoms with E-state index in [9.17, 15) is 23.9 Å². The zero-order valence-corrected chi connectivity index (χ0v) is 22.9. The fourth-order valence-corrected chi connectivity index (χ4v) is 4.21. The Hall–Kier alpha value is -2.63. The molecule has 39 heavy (non-hydrogen) atoms. The van der Waals surface area contributed by atoms with Crippen molar-refractivity contribution in [2.75, 3.05) is 6.61 Å². The van der Waals surface area contributed by atoms with Crippen molar-refractivity contribution in [2.24, 2.45) is 5.41 Å². The summed E-state index contributed by atoms with van der Waals surface area (Å²) in [5.41, 5.74) is 0.301. The van der Waals surface area contributed by atoms with Gasteiger partial charge < -0.3 is 33.5 Å². The second-order valence-corrected chi connectivity index (χ2v) is 10.9. The van der Waals surface area contributed by atoms with Gasteiger partial charge in [0.1, 0.15) is 24.9 Å². The summed E-state index contributed by atoms with van der Waals surface area (Å²) < 4.78 is 53.6. The minimum absolute atomic E-state index is 0.00943. The largest absolute Gasteiger partial charge is 0.472 e. The third kappa shape index (κ3) is 9.81. The summed E-state index contributed by atoms with van der Waals surface area (Å²) in [5.74, 6) is -1.45. The van der Waals surface area contributed by atoms with Crippen molar-refractivity contribution >= 4 is 19.8 Å². The minimum atomic E-state index is -5.17. The van der Waals surface area contributed by atoms with E-state index in [0.717, 1.165) is 11.1 Å². The van der Waals surface area contributed by atoms with Crippen molar-refractivity contribution < 1.29 is 53.5 Å². The maximum Gasteiger partial charge on any atom is 0.472 e. The molecule has 0 aliphatic carbocycles. The lowest BCUT2D eigenvalue weighted by molar-refractivity contribution is -0.305. The summed E-state index contributed by atoms with van der Waals surface area (Å²) in [6, 6.07) is 18.2. The van der Waals surface area contributed by atoms with Gasteiger partial charge in [0, 0.05) is 8.29 Å². The van der Waals surface area contributed by atoms with Crippen LogP contribution in [0.25, 0.3) is 0 Å². The van der Waals surface area contributed by atoms with Crippen molar-refractivity contribution in [1.82, 2.24) is 0 Å². The second kappa shape index (κ2) is 13.6. The highest BCUT2D eigenvalue weighted by Crippen LogP contribution is 2.42. The van der Waals surface area contributed by atoms with Gasteiger partial charge in [-0.1, -0.05) is 60.7 Å². The first-order valence-electron chi connectivity index (χ1n) is 12.9. The van der Waals surface area contributed by atoms with E-state index in [1.807, 2.05) is 60.7 Å². The number of hydrogen-bond donors (Lipinski definition) is 2. The van der Waals surface area contributed by atoms with Gasteiger partial charge in [0.15, 0.2) is 6.10 Å². The lowest BCUT2D eigenvalue weighted by Gasteiger charge is -2.45. The summed E-state index contributed by atoms with van der Waals surface area (Å²) in [7, 11) is -5.17. The first-order valence-corrected chi connectivity index (χ1v) is 13.8. The van der Waals surface area contributed by atoms with Crippen LogP contribution in [-0.4, -0.2) is 59.0 Å². The number of carbonyl (C=O) groups is 2. The first kappa shape index (κ1) is 29.4. The van der Waals surface area contributed by atoms with E-state index >= 15 is 0 Å². The summed E-state index contributed by atoms with van der Waals surface area (Å²) in [5, 5.41) is 0. The predicted octanol–water partition coefficient (Wildman–Crippen LogP) is 3.51. The lowest BCUT2D eigenvalue weighted by atomic mass is 9.95. The number of phosphoric ester groups is 1. The number of hydrogen-bond acceptors (Lipinski definition) is 9. The Balaban J connectivity index is 2.02. The van der Waals surface area contributed by atoms with Crippen LogP contribution in [0.4, 0.5) is 0 Å². The van der Waals surface area contributed by atoms with Crippen LogP contribution in [0.3, 0.4) is 0 Å². The Morgan fingerprint density at radius 2 is 1.49 bits per heavy atom. The monoisotopic (exact) mass is 567 g/mol. The molecule has 0 saturated carbocycles. The average Bonchev–Trinajstić information content (AvgIpc) is 2.91. The quantitative estimate of drug-likeness (QED) is 0.304. The number of carbonyl (C=O) groups excluding carboxylic acids is 2. The minimum Gasteiger partial charge on any atom is -0.463 e. The molecule has 1 saturated heterocycles. The normalized spacial score (nSPS) is 24.0. The van der Waals surface area contributed by atoms with E-state index < -0.39 is 55.9 Å². The highest BCUT2D eigenvalue weighted by Gasteiger charge is 2.53. The van der Waals surface area contributed by atoms with E-state index in [2.05, 4.69) is 0 Å². The molecular formula is C27H35O11P. The van der Waals surface area contributed by atoms with E-state index in [-0.39, 0.29) is 26.7 Å². The molecule has 1 heterocycles. The molecule has 0 radical (unpaired) electrons. The highest BCUT2D eigenvalue weighted by atomic mass is 31.2. The summed E-state index contributed by atoms with van der Waals surface area (Å²) >= 11 is 0. The Kier molecular flexibility index (Phi) is 10.3. The van der Waals surface area contributed by atoms with Gasteiger partial charge in [-0.05, 0) is 31.9 Å². The smallest absolute Gasteiger partial charge is 0.463 e. The van der Waals surface area contributed by atoms with Crippen LogP contribution < -0.4 is 0 Å². The van der Waals surface area contributed by atoms with Gasteiger partial charge in [0.25, 0.3) is 0 Å². The van der Waals surface area contributed by atoms with Crippen molar-refractivity contribution in [3.8, 4) is 0 Å². The molecule has 5 atom stereocenters.